The van der Waals surface area contributed by atoms with E-state index in [2.05, 4.69) is 38.7 Å². The van der Waals surface area contributed by atoms with E-state index in [1.807, 2.05) is 17.9 Å². The van der Waals surface area contributed by atoms with E-state index < -0.39 is 0 Å². The van der Waals surface area contributed by atoms with E-state index in [0.29, 0.717) is 6.54 Å². The summed E-state index contributed by atoms with van der Waals surface area (Å²) >= 11 is 0. The van der Waals surface area contributed by atoms with Gasteiger partial charge < -0.3 is 10.3 Å². The van der Waals surface area contributed by atoms with E-state index >= 15 is 0 Å². The van der Waals surface area contributed by atoms with Crippen LogP contribution in [0.25, 0.3) is 11.3 Å². The average Bonchev–Trinajstić information content (AvgIpc) is 2.68. The predicted octanol–water partition coefficient (Wildman–Crippen LogP) is 2.78. The number of rotatable bonds is 2. The van der Waals surface area contributed by atoms with Crippen molar-refractivity contribution in [1.29, 1.82) is 0 Å². The summed E-state index contributed by atoms with van der Waals surface area (Å²) in [6, 6.07) is 2.24. The first-order chi connectivity index (χ1) is 8.47. The van der Waals surface area contributed by atoms with Crippen LogP contribution in [0.2, 0.25) is 0 Å². The summed E-state index contributed by atoms with van der Waals surface area (Å²) in [5.41, 5.74) is 14.4. The predicted molar refractivity (Wildman–Crippen MR) is 75.5 cm³/mol. The van der Waals surface area contributed by atoms with Crippen LogP contribution in [0.1, 0.15) is 27.9 Å². The van der Waals surface area contributed by atoms with Crippen molar-refractivity contribution < 1.29 is 0 Å². The van der Waals surface area contributed by atoms with Crippen molar-refractivity contribution >= 4 is 0 Å². The number of nitrogens with zero attached hydrogens (tertiary/aromatic N) is 2. The number of aryl methyl sites for hydroxylation is 3. The largest absolute Gasteiger partial charge is 0.336 e. The van der Waals surface area contributed by atoms with Crippen LogP contribution in [-0.4, -0.2) is 9.55 Å². The first-order valence-electron chi connectivity index (χ1n) is 6.25. The first-order valence-corrected chi connectivity index (χ1v) is 6.25. The molecule has 18 heavy (non-hydrogen) atoms. The standard InChI is InChI=1S/C15H21N3/c1-9-6-10(2)12(4)14(11(9)3)15-13(7-16)18(5)8-17-15/h6,8H,7,16H2,1-5H3. The monoisotopic (exact) mass is 243 g/mol. The Morgan fingerprint density at radius 1 is 1.11 bits per heavy atom. The Morgan fingerprint density at radius 2 is 1.67 bits per heavy atom. The third-order valence-electron chi connectivity index (χ3n) is 3.86. The number of benzene rings is 1. The molecule has 3 nitrogen and oxygen atoms in total. The number of hydrogen-bond acceptors (Lipinski definition) is 2. The van der Waals surface area contributed by atoms with Crippen molar-refractivity contribution in [3.05, 3.63) is 40.3 Å². The lowest BCUT2D eigenvalue weighted by Crippen LogP contribution is -2.06. The summed E-state index contributed by atoms with van der Waals surface area (Å²) in [6.45, 7) is 9.13. The molecule has 2 aromatic rings. The van der Waals surface area contributed by atoms with Crippen LogP contribution in [0.4, 0.5) is 0 Å². The second kappa shape index (κ2) is 4.58. The zero-order valence-electron chi connectivity index (χ0n) is 11.8. The molecule has 0 unspecified atom stereocenters. The van der Waals surface area contributed by atoms with Crippen molar-refractivity contribution in [3.63, 3.8) is 0 Å². The molecule has 96 valence electrons. The number of nitrogens with two attached hydrogens (primary N) is 1. The highest BCUT2D eigenvalue weighted by molar-refractivity contribution is 5.72. The van der Waals surface area contributed by atoms with Gasteiger partial charge in [0.2, 0.25) is 0 Å². The molecule has 0 aliphatic carbocycles. The number of imidazole rings is 1. The molecule has 0 atom stereocenters. The van der Waals surface area contributed by atoms with Crippen LogP contribution in [0.15, 0.2) is 12.4 Å². The van der Waals surface area contributed by atoms with Gasteiger partial charge in [-0.2, -0.15) is 0 Å². The molecule has 0 bridgehead atoms. The molecule has 0 radical (unpaired) electrons. The van der Waals surface area contributed by atoms with E-state index in [0.717, 1.165) is 11.4 Å². The topological polar surface area (TPSA) is 43.8 Å². The molecule has 0 aliphatic heterocycles. The van der Waals surface area contributed by atoms with Crippen molar-refractivity contribution in [2.45, 2.75) is 34.2 Å². The van der Waals surface area contributed by atoms with E-state index in [4.69, 9.17) is 5.73 Å². The van der Waals surface area contributed by atoms with Gasteiger partial charge in [0.15, 0.2) is 0 Å². The lowest BCUT2D eigenvalue weighted by Gasteiger charge is -2.15. The molecule has 0 fully saturated rings. The van der Waals surface area contributed by atoms with Crippen molar-refractivity contribution in [1.82, 2.24) is 9.55 Å². The van der Waals surface area contributed by atoms with Gasteiger partial charge in [-0.3, -0.25) is 0 Å². The summed E-state index contributed by atoms with van der Waals surface area (Å²) in [5, 5.41) is 0. The summed E-state index contributed by atoms with van der Waals surface area (Å²) in [6.07, 6.45) is 1.84. The molecule has 2 rings (SSSR count). The molecule has 0 spiro atoms. The maximum atomic E-state index is 5.85. The molecule has 0 saturated heterocycles. The van der Waals surface area contributed by atoms with Crippen molar-refractivity contribution in [2.75, 3.05) is 0 Å². The molecular weight excluding hydrogens is 222 g/mol. The van der Waals surface area contributed by atoms with E-state index in [-0.39, 0.29) is 0 Å². The fraction of sp³-hybridized carbons (Fsp3) is 0.400. The zero-order valence-corrected chi connectivity index (χ0v) is 11.8. The first kappa shape index (κ1) is 12.8. The Labute approximate surface area is 109 Å². The van der Waals surface area contributed by atoms with Gasteiger partial charge in [0.1, 0.15) is 0 Å². The maximum absolute atomic E-state index is 5.85. The average molecular weight is 243 g/mol. The molecule has 1 aromatic carbocycles. The van der Waals surface area contributed by atoms with Crippen LogP contribution < -0.4 is 5.73 Å². The highest BCUT2D eigenvalue weighted by atomic mass is 15.0. The van der Waals surface area contributed by atoms with Crippen LogP contribution in [0.5, 0.6) is 0 Å². The molecule has 3 heteroatoms. The molecule has 1 aromatic heterocycles. The van der Waals surface area contributed by atoms with Crippen molar-refractivity contribution in [3.8, 4) is 11.3 Å². The van der Waals surface area contributed by atoms with Gasteiger partial charge in [0, 0.05) is 19.2 Å². The highest BCUT2D eigenvalue weighted by Gasteiger charge is 2.16. The number of hydrogen-bond donors (Lipinski definition) is 1. The lowest BCUT2D eigenvalue weighted by atomic mass is 9.91. The Bertz CT molecular complexity index is 568. The molecule has 0 aliphatic rings. The smallest absolute Gasteiger partial charge is 0.0953 e. The minimum absolute atomic E-state index is 0.512. The van der Waals surface area contributed by atoms with Gasteiger partial charge in [0.25, 0.3) is 0 Å². The summed E-state index contributed by atoms with van der Waals surface area (Å²) in [5.74, 6) is 0. The van der Waals surface area contributed by atoms with Crippen LogP contribution >= 0.6 is 0 Å². The SMILES string of the molecule is Cc1cc(C)c(C)c(-c2ncn(C)c2CN)c1C. The Hall–Kier alpha value is -1.61. The Kier molecular flexibility index (Phi) is 3.26. The van der Waals surface area contributed by atoms with Crippen LogP contribution in [-0.2, 0) is 13.6 Å². The van der Waals surface area contributed by atoms with E-state index in [9.17, 15) is 0 Å². The Morgan fingerprint density at radius 3 is 2.17 bits per heavy atom. The zero-order chi connectivity index (χ0) is 13.4. The van der Waals surface area contributed by atoms with E-state index in [1.165, 1.54) is 27.8 Å². The van der Waals surface area contributed by atoms with Gasteiger partial charge in [-0.05, 0) is 49.9 Å². The maximum Gasteiger partial charge on any atom is 0.0953 e. The normalized spacial score (nSPS) is 11.0. The van der Waals surface area contributed by atoms with Crippen LogP contribution in [0, 0.1) is 27.7 Å². The Balaban J connectivity index is 2.78. The molecular formula is C15H21N3. The fourth-order valence-electron chi connectivity index (χ4n) is 2.48. The molecule has 1 heterocycles. The summed E-state index contributed by atoms with van der Waals surface area (Å²) in [4.78, 5) is 4.54. The highest BCUT2D eigenvalue weighted by Crippen LogP contribution is 2.32. The third-order valence-corrected chi connectivity index (χ3v) is 3.86. The van der Waals surface area contributed by atoms with Gasteiger partial charge in [0.05, 0.1) is 17.7 Å². The minimum atomic E-state index is 0.512. The minimum Gasteiger partial charge on any atom is -0.336 e. The van der Waals surface area contributed by atoms with Gasteiger partial charge in [-0.1, -0.05) is 6.07 Å². The third kappa shape index (κ3) is 1.85. The second-order valence-corrected chi connectivity index (χ2v) is 4.99. The lowest BCUT2D eigenvalue weighted by molar-refractivity contribution is 0.821. The van der Waals surface area contributed by atoms with Gasteiger partial charge in [-0.25, -0.2) is 4.98 Å². The number of aromatic nitrogens is 2. The van der Waals surface area contributed by atoms with Crippen LogP contribution in [0.3, 0.4) is 0 Å². The van der Waals surface area contributed by atoms with Gasteiger partial charge >= 0.3 is 0 Å². The summed E-state index contributed by atoms with van der Waals surface area (Å²) in [7, 11) is 1.99. The quantitative estimate of drug-likeness (QED) is 0.881. The molecule has 2 N–H and O–H groups in total. The summed E-state index contributed by atoms with van der Waals surface area (Å²) < 4.78 is 2.01. The van der Waals surface area contributed by atoms with Crippen molar-refractivity contribution in [2.24, 2.45) is 12.8 Å². The molecule has 0 amide bonds. The van der Waals surface area contributed by atoms with E-state index in [1.54, 1.807) is 0 Å². The molecule has 0 saturated carbocycles. The fourth-order valence-corrected chi connectivity index (χ4v) is 2.48. The van der Waals surface area contributed by atoms with Gasteiger partial charge in [-0.15, -0.1) is 0 Å². The second-order valence-electron chi connectivity index (χ2n) is 4.99.